The predicted octanol–water partition coefficient (Wildman–Crippen LogP) is 7.32. The van der Waals surface area contributed by atoms with Gasteiger partial charge in [-0.05, 0) is 22.4 Å². The Balaban J connectivity index is 0.000000186. The zero-order valence-electron chi connectivity index (χ0n) is 28.6. The molecule has 5 heteroatoms. The van der Waals surface area contributed by atoms with E-state index in [2.05, 4.69) is 232 Å². The lowest BCUT2D eigenvalue weighted by atomic mass is 9.13. The van der Waals surface area contributed by atoms with E-state index in [1.54, 1.807) is 0 Å². The predicted molar refractivity (Wildman–Crippen MR) is 211 cm³/mol. The van der Waals surface area contributed by atoms with Crippen LogP contribution in [0.25, 0.3) is 16.8 Å². The molecular weight excluding hydrogens is 588 g/mol. The Labute approximate surface area is 283 Å². The SMILES string of the molecule is CN(C)[P+](/C=C/c1cccc2ccccc12)(N(C)C)N(C)C.c1ccc([B-](c2ccccc2)(c2ccccc2)c2ccccc2)cc1. The first-order valence-corrected chi connectivity index (χ1v) is 18.0. The Morgan fingerprint density at radius 3 is 1.13 bits per heavy atom. The van der Waals surface area contributed by atoms with Gasteiger partial charge < -0.3 is 0 Å². The smallest absolute Gasteiger partial charge is 0.195 e. The topological polar surface area (TPSA) is 9.72 Å². The first-order valence-electron chi connectivity index (χ1n) is 16.3. The van der Waals surface area contributed by atoms with Gasteiger partial charge in [0.15, 0.2) is 0 Å². The van der Waals surface area contributed by atoms with Crippen LogP contribution in [0.1, 0.15) is 5.56 Å². The molecule has 6 aromatic rings. The second kappa shape index (κ2) is 15.5. The van der Waals surface area contributed by atoms with Gasteiger partial charge in [-0.25, -0.2) is 0 Å². The summed E-state index contributed by atoms with van der Waals surface area (Å²) in [6.07, 6.45) is 1.06. The van der Waals surface area contributed by atoms with Crippen molar-refractivity contribution < 1.29 is 0 Å². The van der Waals surface area contributed by atoms with Crippen molar-refractivity contribution >= 4 is 52.6 Å². The van der Waals surface area contributed by atoms with Gasteiger partial charge in [0.25, 0.3) is 7.71 Å². The van der Waals surface area contributed by atoms with E-state index in [1.807, 2.05) is 0 Å². The Bertz CT molecular complexity index is 1670. The summed E-state index contributed by atoms with van der Waals surface area (Å²) in [5.41, 5.74) is 6.63. The number of nitrogens with zero attached hydrogens (tertiary/aromatic N) is 3. The van der Waals surface area contributed by atoms with Crippen LogP contribution >= 0.6 is 7.71 Å². The standard InChI is InChI=1S/C24H20B.C18H27N3P/c1-5-13-21(14-6-1)25(22-15-7-2-8-16-22,23-17-9-3-10-18-23)24-19-11-4-12-20-24;1-19(2)22(20(3)4,21(5)6)15-14-17-12-9-11-16-10-7-8-13-18(16)17/h1-20H;7-15H,1-6H3/q-1;+1/b;15-14+. The van der Waals surface area contributed by atoms with Crippen molar-refractivity contribution in [3.63, 3.8) is 0 Å². The molecule has 0 amide bonds. The Morgan fingerprint density at radius 1 is 0.404 bits per heavy atom. The largest absolute Gasteiger partial charge is 0.253 e. The molecule has 238 valence electrons. The van der Waals surface area contributed by atoms with Gasteiger partial charge in [-0.3, -0.25) is 0 Å². The van der Waals surface area contributed by atoms with E-state index >= 15 is 0 Å². The zero-order chi connectivity index (χ0) is 33.3. The molecule has 0 atom stereocenters. The lowest BCUT2D eigenvalue weighted by molar-refractivity contribution is 0.472. The van der Waals surface area contributed by atoms with Gasteiger partial charge in [-0.15, -0.1) is 0 Å². The molecule has 0 saturated heterocycles. The summed E-state index contributed by atoms with van der Waals surface area (Å²) in [6.45, 7) is 0. The highest BCUT2D eigenvalue weighted by Gasteiger charge is 2.45. The Hall–Kier alpha value is -4.31. The molecular formula is C42H47BN3P. The van der Waals surface area contributed by atoms with Crippen molar-refractivity contribution in [2.24, 2.45) is 0 Å². The van der Waals surface area contributed by atoms with Crippen LogP contribution in [0.15, 0.2) is 170 Å². The minimum absolute atomic E-state index is 1.22. The van der Waals surface area contributed by atoms with E-state index in [0.29, 0.717) is 0 Å². The van der Waals surface area contributed by atoms with E-state index in [-0.39, 0.29) is 0 Å². The van der Waals surface area contributed by atoms with Crippen molar-refractivity contribution in [1.82, 2.24) is 14.0 Å². The summed E-state index contributed by atoms with van der Waals surface area (Å²) in [4.78, 5) is 0. The van der Waals surface area contributed by atoms with E-state index in [0.717, 1.165) is 0 Å². The molecule has 0 fully saturated rings. The Morgan fingerprint density at radius 2 is 0.745 bits per heavy atom. The van der Waals surface area contributed by atoms with Crippen molar-refractivity contribution in [3.8, 4) is 0 Å². The molecule has 0 aliphatic carbocycles. The minimum atomic E-state index is -1.64. The monoisotopic (exact) mass is 635 g/mol. The second-order valence-electron chi connectivity index (χ2n) is 12.5. The molecule has 47 heavy (non-hydrogen) atoms. The summed E-state index contributed by atoms with van der Waals surface area (Å²) < 4.78 is 6.98. The van der Waals surface area contributed by atoms with Crippen LogP contribution in [-0.2, 0) is 0 Å². The maximum atomic E-state index is 2.37. The van der Waals surface area contributed by atoms with Crippen LogP contribution in [-0.4, -0.2) is 62.4 Å². The average Bonchev–Trinajstić information content (AvgIpc) is 3.11. The summed E-state index contributed by atoms with van der Waals surface area (Å²) in [7, 11) is 11.3. The fraction of sp³-hybridized carbons (Fsp3) is 0.143. The van der Waals surface area contributed by atoms with Gasteiger partial charge >= 0.3 is 0 Å². The average molecular weight is 636 g/mol. The van der Waals surface area contributed by atoms with Gasteiger partial charge in [0.05, 0.1) is 0 Å². The summed E-state index contributed by atoms with van der Waals surface area (Å²) in [5.74, 6) is 2.37. The van der Waals surface area contributed by atoms with E-state index < -0.39 is 13.9 Å². The molecule has 6 rings (SSSR count). The van der Waals surface area contributed by atoms with Crippen molar-refractivity contribution in [1.29, 1.82) is 0 Å². The third-order valence-electron chi connectivity index (χ3n) is 9.24. The minimum Gasteiger partial charge on any atom is -0.195 e. The molecule has 3 nitrogen and oxygen atoms in total. The van der Waals surface area contributed by atoms with Gasteiger partial charge in [-0.1, -0.05) is 164 Å². The van der Waals surface area contributed by atoms with Gasteiger partial charge in [0.2, 0.25) is 0 Å². The van der Waals surface area contributed by atoms with Crippen LogP contribution in [0.5, 0.6) is 0 Å². The quantitative estimate of drug-likeness (QED) is 0.122. The summed E-state index contributed by atoms with van der Waals surface area (Å²) in [5, 5.41) is 2.59. The molecule has 0 aliphatic heterocycles. The maximum absolute atomic E-state index is 2.37. The first kappa shape index (κ1) is 34.0. The summed E-state index contributed by atoms with van der Waals surface area (Å²) in [6, 6.07) is 58.6. The molecule has 0 saturated carbocycles. The Kier molecular flexibility index (Phi) is 11.2. The molecule has 0 heterocycles. The van der Waals surface area contributed by atoms with Gasteiger partial charge in [-0.2, -0.15) is 35.9 Å². The lowest BCUT2D eigenvalue weighted by Gasteiger charge is -2.44. The number of hydrogen-bond acceptors (Lipinski definition) is 3. The number of benzene rings is 6. The molecule has 0 aliphatic rings. The molecule has 0 N–H and O–H groups in total. The van der Waals surface area contributed by atoms with Crippen LogP contribution in [0.2, 0.25) is 0 Å². The third-order valence-corrected chi connectivity index (χ3v) is 13.3. The highest BCUT2D eigenvalue weighted by atomic mass is 31.2. The fourth-order valence-corrected chi connectivity index (χ4v) is 10.5. The zero-order valence-corrected chi connectivity index (χ0v) is 29.5. The fourth-order valence-electron chi connectivity index (χ4n) is 7.17. The lowest BCUT2D eigenvalue weighted by Crippen LogP contribution is -2.74. The maximum Gasteiger partial charge on any atom is 0.253 e. The van der Waals surface area contributed by atoms with Gasteiger partial charge in [0.1, 0.15) is 12.0 Å². The van der Waals surface area contributed by atoms with Crippen molar-refractivity contribution in [2.45, 2.75) is 0 Å². The number of hydrogen-bond donors (Lipinski definition) is 0. The molecule has 0 unspecified atom stereocenters. The van der Waals surface area contributed by atoms with E-state index in [4.69, 9.17) is 0 Å². The van der Waals surface area contributed by atoms with E-state index in [9.17, 15) is 0 Å². The normalized spacial score (nSPS) is 12.1. The van der Waals surface area contributed by atoms with Crippen LogP contribution in [0.4, 0.5) is 0 Å². The van der Waals surface area contributed by atoms with Gasteiger partial charge in [0, 0.05) is 42.3 Å². The number of fused-ring (bicyclic) bond motifs is 1. The molecule has 0 spiro atoms. The highest BCUT2D eigenvalue weighted by molar-refractivity contribution is 7.72. The highest BCUT2D eigenvalue weighted by Crippen LogP contribution is 2.65. The second-order valence-corrected chi connectivity index (χ2v) is 16.5. The molecule has 0 aromatic heterocycles. The molecule has 6 aromatic carbocycles. The molecule has 0 radical (unpaired) electrons. The first-order chi connectivity index (χ1) is 22.8. The summed E-state index contributed by atoms with van der Waals surface area (Å²) >= 11 is 0. The van der Waals surface area contributed by atoms with Crippen molar-refractivity contribution in [3.05, 3.63) is 175 Å². The van der Waals surface area contributed by atoms with E-state index in [1.165, 1.54) is 38.2 Å². The van der Waals surface area contributed by atoms with Crippen LogP contribution in [0, 0.1) is 0 Å². The number of rotatable bonds is 9. The van der Waals surface area contributed by atoms with Crippen LogP contribution in [0.3, 0.4) is 0 Å². The van der Waals surface area contributed by atoms with Crippen molar-refractivity contribution in [2.75, 3.05) is 42.3 Å². The molecule has 0 bridgehead atoms. The third kappa shape index (κ3) is 7.03. The van der Waals surface area contributed by atoms with Crippen LogP contribution < -0.4 is 21.9 Å².